The van der Waals surface area contributed by atoms with Crippen LogP contribution in [0.15, 0.2) is 110 Å². The summed E-state index contributed by atoms with van der Waals surface area (Å²) in [6.07, 6.45) is 6.02. The molecule has 0 saturated heterocycles. The van der Waals surface area contributed by atoms with Crippen LogP contribution in [-0.2, 0) is 30.9 Å². The molecule has 43 heavy (non-hydrogen) atoms. The summed E-state index contributed by atoms with van der Waals surface area (Å²) < 4.78 is 29.7. The molecular formula is C34H30F2IrN6-2. The summed E-state index contributed by atoms with van der Waals surface area (Å²) in [5.41, 5.74) is 4.05. The third-order valence-electron chi connectivity index (χ3n) is 7.13. The van der Waals surface area contributed by atoms with Gasteiger partial charge in [-0.1, -0.05) is 33.8 Å². The minimum atomic E-state index is -0.785. The summed E-state index contributed by atoms with van der Waals surface area (Å²) in [6.45, 7) is 8.80. The van der Waals surface area contributed by atoms with Crippen LogP contribution in [0.25, 0.3) is 11.6 Å². The molecule has 0 spiro atoms. The molecule has 0 saturated carbocycles. The zero-order chi connectivity index (χ0) is 29.7. The monoisotopic (exact) mass is 753 g/mol. The second kappa shape index (κ2) is 13.3. The molecule has 0 N–H and O–H groups in total. The van der Waals surface area contributed by atoms with Gasteiger partial charge in [0.15, 0.2) is 23.3 Å². The molecule has 1 radical (unpaired) electrons. The fourth-order valence-electron chi connectivity index (χ4n) is 4.53. The first kappa shape index (κ1) is 31.6. The van der Waals surface area contributed by atoms with Crippen LogP contribution < -0.4 is 0 Å². The molecule has 2 aromatic carbocycles. The third-order valence-corrected chi connectivity index (χ3v) is 7.13. The normalized spacial score (nSPS) is 11.3. The Hall–Kier alpha value is -4.33. The van der Waals surface area contributed by atoms with E-state index in [2.05, 4.69) is 97.5 Å². The Morgan fingerprint density at radius 3 is 1.44 bits per heavy atom. The van der Waals surface area contributed by atoms with E-state index in [1.54, 1.807) is 12.1 Å². The van der Waals surface area contributed by atoms with Gasteiger partial charge < -0.3 is 0 Å². The zero-order valence-electron chi connectivity index (χ0n) is 24.2. The predicted octanol–water partition coefficient (Wildman–Crippen LogP) is 7.06. The minimum Gasteiger partial charge on any atom is -0.256 e. The van der Waals surface area contributed by atoms with Crippen LogP contribution in [-0.4, -0.2) is 29.5 Å². The Labute approximate surface area is 263 Å². The van der Waals surface area contributed by atoms with Crippen LogP contribution >= 0.6 is 0 Å². The van der Waals surface area contributed by atoms with Gasteiger partial charge in [0.2, 0.25) is 0 Å². The standard InChI is InChI=1S/C23H23N.C11H7F2N5.Ir/c1-22(2,18-12-7-5-8-13-18)20-16-11-17-21(24-20)23(3,4)19-14-9-6-10-15-19;12-8-7-9(13)11(18-6-2-4-15-18)16-10(8)17-5-1-3-14-17;/h5-12,14,16-17H,1-4H3;1-7H;/q-2;;. The Kier molecular flexibility index (Phi) is 9.79. The Morgan fingerprint density at radius 2 is 1.07 bits per heavy atom. The Balaban J connectivity index is 0.000000199. The van der Waals surface area contributed by atoms with E-state index in [1.807, 2.05) is 24.3 Å². The molecule has 6 aromatic rings. The SMILES string of the molecule is CC(C)(c1[c-]cccc1)c1cccc(C(C)(C)c2[c-]cccc2)n1.Fc1cc(F)c(-n2cccn2)nc1-n1cccn1.[Ir]. The Morgan fingerprint density at radius 1 is 0.605 bits per heavy atom. The summed E-state index contributed by atoms with van der Waals surface area (Å²) in [7, 11) is 0. The van der Waals surface area contributed by atoms with E-state index in [0.29, 0.717) is 0 Å². The van der Waals surface area contributed by atoms with Crippen molar-refractivity contribution in [3.63, 3.8) is 0 Å². The molecule has 0 aliphatic carbocycles. The van der Waals surface area contributed by atoms with Crippen LogP contribution in [0.2, 0.25) is 0 Å². The summed E-state index contributed by atoms with van der Waals surface area (Å²) in [5.74, 6) is -1.72. The molecule has 0 amide bonds. The van der Waals surface area contributed by atoms with Gasteiger partial charge >= 0.3 is 0 Å². The molecular weight excluding hydrogens is 723 g/mol. The molecule has 6 rings (SSSR count). The van der Waals surface area contributed by atoms with Gasteiger partial charge in [-0.25, -0.2) is 23.1 Å². The molecule has 9 heteroatoms. The molecule has 0 unspecified atom stereocenters. The second-order valence-corrected chi connectivity index (χ2v) is 10.7. The number of halogens is 2. The van der Waals surface area contributed by atoms with Crippen LogP contribution in [0.4, 0.5) is 8.78 Å². The van der Waals surface area contributed by atoms with Gasteiger partial charge in [-0.2, -0.15) is 82.0 Å². The van der Waals surface area contributed by atoms with E-state index >= 15 is 0 Å². The van der Waals surface area contributed by atoms with Crippen molar-refractivity contribution in [2.24, 2.45) is 0 Å². The number of pyridine rings is 2. The van der Waals surface area contributed by atoms with Crippen molar-refractivity contribution in [2.45, 2.75) is 38.5 Å². The maximum atomic E-state index is 13.6. The van der Waals surface area contributed by atoms with Crippen molar-refractivity contribution >= 4 is 0 Å². The van der Waals surface area contributed by atoms with Crippen LogP contribution in [0.5, 0.6) is 0 Å². The molecule has 6 nitrogen and oxygen atoms in total. The van der Waals surface area contributed by atoms with Gasteiger partial charge in [-0.3, -0.25) is 4.98 Å². The number of nitrogens with zero attached hydrogens (tertiary/aromatic N) is 6. The smallest absolute Gasteiger partial charge is 0.191 e. The maximum absolute atomic E-state index is 13.6. The van der Waals surface area contributed by atoms with Crippen LogP contribution in [0, 0.1) is 23.8 Å². The number of rotatable bonds is 6. The first-order chi connectivity index (χ1) is 20.2. The maximum Gasteiger partial charge on any atom is 0.191 e. The molecule has 0 atom stereocenters. The topological polar surface area (TPSA) is 61.4 Å². The predicted molar refractivity (Wildman–Crippen MR) is 157 cm³/mol. The van der Waals surface area contributed by atoms with E-state index in [-0.39, 0.29) is 42.6 Å². The van der Waals surface area contributed by atoms with Gasteiger partial charge in [0.1, 0.15) is 0 Å². The fraction of sp³-hybridized carbons (Fsp3) is 0.176. The largest absolute Gasteiger partial charge is 0.256 e. The van der Waals surface area contributed by atoms with Crippen molar-refractivity contribution in [3.05, 3.63) is 156 Å². The van der Waals surface area contributed by atoms with E-state index in [4.69, 9.17) is 4.98 Å². The first-order valence-electron chi connectivity index (χ1n) is 13.5. The van der Waals surface area contributed by atoms with Crippen molar-refractivity contribution in [3.8, 4) is 11.6 Å². The van der Waals surface area contributed by atoms with Gasteiger partial charge in [0.25, 0.3) is 0 Å². The van der Waals surface area contributed by atoms with E-state index in [9.17, 15) is 8.78 Å². The fourth-order valence-corrected chi connectivity index (χ4v) is 4.53. The van der Waals surface area contributed by atoms with E-state index < -0.39 is 11.6 Å². The van der Waals surface area contributed by atoms with Crippen LogP contribution in [0.1, 0.15) is 50.2 Å². The summed E-state index contributed by atoms with van der Waals surface area (Å²) in [4.78, 5) is 8.94. The summed E-state index contributed by atoms with van der Waals surface area (Å²) >= 11 is 0. The number of aromatic nitrogens is 6. The number of benzene rings is 2. The van der Waals surface area contributed by atoms with Gasteiger partial charge in [-0.05, 0) is 24.3 Å². The average molecular weight is 753 g/mol. The third kappa shape index (κ3) is 6.85. The zero-order valence-corrected chi connectivity index (χ0v) is 26.6. The Bertz CT molecular complexity index is 1620. The van der Waals surface area contributed by atoms with Crippen molar-refractivity contribution in [2.75, 3.05) is 0 Å². The summed E-state index contributed by atoms with van der Waals surface area (Å²) in [6, 6.07) is 33.3. The number of hydrogen-bond donors (Lipinski definition) is 0. The van der Waals surface area contributed by atoms with Gasteiger partial charge in [0.05, 0.1) is 0 Å². The first-order valence-corrected chi connectivity index (χ1v) is 13.5. The molecule has 221 valence electrons. The second-order valence-electron chi connectivity index (χ2n) is 10.7. The molecule has 4 aromatic heterocycles. The molecule has 0 bridgehead atoms. The van der Waals surface area contributed by atoms with Gasteiger partial charge in [0, 0.05) is 73.2 Å². The van der Waals surface area contributed by atoms with Gasteiger partial charge in [-0.15, -0.1) is 0 Å². The quantitative estimate of drug-likeness (QED) is 0.171. The van der Waals surface area contributed by atoms with Crippen molar-refractivity contribution in [1.29, 1.82) is 0 Å². The number of hydrogen-bond acceptors (Lipinski definition) is 4. The minimum absolute atomic E-state index is 0. The molecule has 0 aliphatic heterocycles. The van der Waals surface area contributed by atoms with Crippen molar-refractivity contribution in [1.82, 2.24) is 29.5 Å². The summed E-state index contributed by atoms with van der Waals surface area (Å²) in [5, 5.41) is 7.72. The van der Waals surface area contributed by atoms with Crippen LogP contribution in [0.3, 0.4) is 0 Å². The average Bonchev–Trinajstić information content (AvgIpc) is 3.74. The molecule has 0 aliphatic rings. The molecule has 4 heterocycles. The van der Waals surface area contributed by atoms with Crippen molar-refractivity contribution < 1.29 is 28.9 Å². The van der Waals surface area contributed by atoms with E-state index in [0.717, 1.165) is 28.6 Å². The molecule has 0 fully saturated rings. The van der Waals surface area contributed by atoms with E-state index in [1.165, 1.54) is 34.2 Å².